The Morgan fingerprint density at radius 1 is 1.56 bits per heavy atom. The lowest BCUT2D eigenvalue weighted by Crippen LogP contribution is -2.48. The first-order valence-corrected chi connectivity index (χ1v) is 6.76. The summed E-state index contributed by atoms with van der Waals surface area (Å²) in [5.41, 5.74) is -0.0808. The van der Waals surface area contributed by atoms with Crippen LogP contribution in [0.3, 0.4) is 0 Å². The number of nitrogens with one attached hydrogen (secondary N) is 1. The zero-order chi connectivity index (χ0) is 13.2. The lowest BCUT2D eigenvalue weighted by Gasteiger charge is -2.33. The van der Waals surface area contributed by atoms with Crippen LogP contribution in [0.4, 0.5) is 0 Å². The SMILES string of the molecule is CNC(Cc1ncnn1C(C)C)C1(C)CCCO1. The molecule has 0 bridgehead atoms. The van der Waals surface area contributed by atoms with Crippen LogP contribution in [0.15, 0.2) is 6.33 Å². The molecule has 0 spiro atoms. The molecule has 0 aliphatic carbocycles. The van der Waals surface area contributed by atoms with E-state index in [4.69, 9.17) is 4.74 Å². The van der Waals surface area contributed by atoms with Crippen molar-refractivity contribution in [2.45, 2.75) is 57.7 Å². The van der Waals surface area contributed by atoms with Gasteiger partial charge in [0.25, 0.3) is 0 Å². The number of nitrogens with zero attached hydrogens (tertiary/aromatic N) is 3. The third kappa shape index (κ3) is 2.57. The molecule has 0 aromatic carbocycles. The van der Waals surface area contributed by atoms with Gasteiger partial charge in [-0.05, 0) is 40.7 Å². The molecule has 1 fully saturated rings. The lowest BCUT2D eigenvalue weighted by atomic mass is 9.90. The summed E-state index contributed by atoms with van der Waals surface area (Å²) < 4.78 is 7.91. The second-order valence-corrected chi connectivity index (χ2v) is 5.52. The van der Waals surface area contributed by atoms with E-state index in [2.05, 4.69) is 36.2 Å². The van der Waals surface area contributed by atoms with E-state index in [0.717, 1.165) is 31.7 Å². The van der Waals surface area contributed by atoms with Crippen molar-refractivity contribution >= 4 is 0 Å². The molecule has 102 valence electrons. The Bertz CT molecular complexity index is 382. The van der Waals surface area contributed by atoms with Crippen LogP contribution < -0.4 is 5.32 Å². The van der Waals surface area contributed by atoms with Crippen LogP contribution in [0, 0.1) is 0 Å². The highest BCUT2D eigenvalue weighted by molar-refractivity contribution is 5.00. The fourth-order valence-electron chi connectivity index (χ4n) is 2.73. The predicted molar refractivity (Wildman–Crippen MR) is 70.5 cm³/mol. The normalized spacial score (nSPS) is 25.8. The highest BCUT2D eigenvalue weighted by Gasteiger charge is 2.38. The van der Waals surface area contributed by atoms with E-state index >= 15 is 0 Å². The van der Waals surface area contributed by atoms with E-state index in [0.29, 0.717) is 6.04 Å². The number of rotatable bonds is 5. The summed E-state index contributed by atoms with van der Waals surface area (Å²) in [7, 11) is 1.99. The number of likely N-dealkylation sites (N-methyl/N-ethyl adjacent to an activating group) is 1. The molecule has 1 saturated heterocycles. The number of ether oxygens (including phenoxy) is 1. The van der Waals surface area contributed by atoms with Gasteiger partial charge in [0.2, 0.25) is 0 Å². The maximum Gasteiger partial charge on any atom is 0.138 e. The first kappa shape index (κ1) is 13.5. The highest BCUT2D eigenvalue weighted by Crippen LogP contribution is 2.30. The number of hydrogen-bond acceptors (Lipinski definition) is 4. The molecule has 0 saturated carbocycles. The van der Waals surface area contributed by atoms with Gasteiger partial charge >= 0.3 is 0 Å². The Kier molecular flexibility index (Phi) is 4.02. The molecule has 1 aromatic heterocycles. The zero-order valence-corrected chi connectivity index (χ0v) is 11.8. The summed E-state index contributed by atoms with van der Waals surface area (Å²) >= 11 is 0. The summed E-state index contributed by atoms with van der Waals surface area (Å²) in [6.45, 7) is 7.31. The van der Waals surface area contributed by atoms with Gasteiger partial charge in [0.15, 0.2) is 0 Å². The van der Waals surface area contributed by atoms with Gasteiger partial charge in [0, 0.05) is 25.1 Å². The van der Waals surface area contributed by atoms with Crippen molar-refractivity contribution in [3.63, 3.8) is 0 Å². The van der Waals surface area contributed by atoms with Crippen molar-refractivity contribution < 1.29 is 4.74 Å². The fraction of sp³-hybridized carbons (Fsp3) is 0.846. The Morgan fingerprint density at radius 3 is 2.89 bits per heavy atom. The van der Waals surface area contributed by atoms with Crippen LogP contribution in [0.5, 0.6) is 0 Å². The fourth-order valence-corrected chi connectivity index (χ4v) is 2.73. The molecule has 18 heavy (non-hydrogen) atoms. The molecule has 5 heteroatoms. The Hall–Kier alpha value is -0.940. The molecule has 2 heterocycles. The second-order valence-electron chi connectivity index (χ2n) is 5.52. The molecular formula is C13H24N4O. The third-order valence-electron chi connectivity index (χ3n) is 3.86. The largest absolute Gasteiger partial charge is 0.374 e. The van der Waals surface area contributed by atoms with Crippen molar-refractivity contribution in [2.75, 3.05) is 13.7 Å². The molecule has 0 amide bonds. The smallest absolute Gasteiger partial charge is 0.138 e. The summed E-state index contributed by atoms with van der Waals surface area (Å²) in [6, 6.07) is 0.624. The van der Waals surface area contributed by atoms with Crippen molar-refractivity contribution in [3.05, 3.63) is 12.2 Å². The van der Waals surface area contributed by atoms with Gasteiger partial charge in [-0.3, -0.25) is 0 Å². The average molecular weight is 252 g/mol. The molecule has 1 aliphatic heterocycles. The van der Waals surface area contributed by atoms with Gasteiger partial charge in [-0.1, -0.05) is 0 Å². The van der Waals surface area contributed by atoms with Crippen LogP contribution in [0.2, 0.25) is 0 Å². The monoisotopic (exact) mass is 252 g/mol. The topological polar surface area (TPSA) is 52.0 Å². The summed E-state index contributed by atoms with van der Waals surface area (Å²) in [5.74, 6) is 1.03. The van der Waals surface area contributed by atoms with Crippen LogP contribution >= 0.6 is 0 Å². The molecule has 1 aromatic rings. The van der Waals surface area contributed by atoms with Gasteiger partial charge in [0.1, 0.15) is 12.2 Å². The quantitative estimate of drug-likeness (QED) is 0.864. The number of aromatic nitrogens is 3. The summed E-state index contributed by atoms with van der Waals surface area (Å²) in [5, 5.41) is 7.67. The molecule has 1 N–H and O–H groups in total. The molecule has 5 nitrogen and oxygen atoms in total. The minimum absolute atomic E-state index is 0.0808. The van der Waals surface area contributed by atoms with Crippen molar-refractivity contribution in [1.29, 1.82) is 0 Å². The third-order valence-corrected chi connectivity index (χ3v) is 3.86. The van der Waals surface area contributed by atoms with Crippen LogP contribution in [0.1, 0.15) is 45.5 Å². The van der Waals surface area contributed by atoms with E-state index in [1.54, 1.807) is 6.33 Å². The second kappa shape index (κ2) is 5.36. The average Bonchev–Trinajstić information content (AvgIpc) is 2.95. The lowest BCUT2D eigenvalue weighted by molar-refractivity contribution is -0.0102. The van der Waals surface area contributed by atoms with Crippen LogP contribution in [-0.2, 0) is 11.2 Å². The van der Waals surface area contributed by atoms with Gasteiger partial charge in [0.05, 0.1) is 5.60 Å². The summed E-state index contributed by atoms with van der Waals surface area (Å²) in [4.78, 5) is 4.38. The molecule has 2 unspecified atom stereocenters. The molecule has 1 aliphatic rings. The number of hydrogen-bond donors (Lipinski definition) is 1. The first-order valence-electron chi connectivity index (χ1n) is 6.76. The maximum atomic E-state index is 5.92. The Morgan fingerprint density at radius 2 is 2.33 bits per heavy atom. The molecule has 0 radical (unpaired) electrons. The minimum Gasteiger partial charge on any atom is -0.374 e. The summed E-state index contributed by atoms with van der Waals surface area (Å²) in [6.07, 6.45) is 4.74. The standard InChI is InChI=1S/C13H24N4O/c1-10(2)17-12(15-9-16-17)8-11(14-4)13(3)6-5-7-18-13/h9-11,14H,5-8H2,1-4H3. The maximum absolute atomic E-state index is 5.92. The van der Waals surface area contributed by atoms with E-state index in [9.17, 15) is 0 Å². The van der Waals surface area contributed by atoms with E-state index in [-0.39, 0.29) is 11.6 Å². The predicted octanol–water partition coefficient (Wildman–Crippen LogP) is 1.56. The van der Waals surface area contributed by atoms with Gasteiger partial charge in [-0.2, -0.15) is 5.10 Å². The Labute approximate surface area is 109 Å². The van der Waals surface area contributed by atoms with Gasteiger partial charge in [-0.15, -0.1) is 0 Å². The van der Waals surface area contributed by atoms with E-state index < -0.39 is 0 Å². The van der Waals surface area contributed by atoms with Crippen LogP contribution in [-0.4, -0.2) is 40.1 Å². The zero-order valence-electron chi connectivity index (χ0n) is 11.8. The Balaban J connectivity index is 2.12. The minimum atomic E-state index is -0.0808. The van der Waals surface area contributed by atoms with Crippen molar-refractivity contribution in [3.8, 4) is 0 Å². The van der Waals surface area contributed by atoms with E-state index in [1.165, 1.54) is 0 Å². The van der Waals surface area contributed by atoms with Gasteiger partial charge in [-0.25, -0.2) is 9.67 Å². The first-order chi connectivity index (χ1) is 8.57. The molecular weight excluding hydrogens is 228 g/mol. The van der Waals surface area contributed by atoms with E-state index in [1.807, 2.05) is 11.7 Å². The highest BCUT2D eigenvalue weighted by atomic mass is 16.5. The van der Waals surface area contributed by atoms with Gasteiger partial charge < -0.3 is 10.1 Å². The molecule has 2 atom stereocenters. The van der Waals surface area contributed by atoms with Crippen molar-refractivity contribution in [2.24, 2.45) is 0 Å². The van der Waals surface area contributed by atoms with Crippen molar-refractivity contribution in [1.82, 2.24) is 20.1 Å². The van der Waals surface area contributed by atoms with Crippen LogP contribution in [0.25, 0.3) is 0 Å². The molecule has 2 rings (SSSR count).